The van der Waals surface area contributed by atoms with Crippen molar-refractivity contribution < 1.29 is 0 Å². The zero-order valence-electron chi connectivity index (χ0n) is 20.7. The smallest absolute Gasteiger partial charge is 0.110 e. The molecular weight excluding hydrogens is 404 g/mol. The van der Waals surface area contributed by atoms with Crippen LogP contribution in [0.15, 0.2) is 53.5 Å². The van der Waals surface area contributed by atoms with E-state index >= 15 is 0 Å². The highest BCUT2D eigenvalue weighted by Crippen LogP contribution is 2.35. The van der Waals surface area contributed by atoms with E-state index in [4.69, 9.17) is 9.98 Å². The average Bonchev–Trinajstić information content (AvgIpc) is 3.41. The molecule has 4 nitrogen and oxygen atoms in total. The van der Waals surface area contributed by atoms with Crippen LogP contribution in [0.3, 0.4) is 0 Å². The largest absolute Gasteiger partial charge is 0.342 e. The van der Waals surface area contributed by atoms with Gasteiger partial charge in [0.15, 0.2) is 0 Å². The van der Waals surface area contributed by atoms with E-state index in [0.29, 0.717) is 5.92 Å². The first-order valence-corrected chi connectivity index (χ1v) is 12.7. The molecule has 174 valence electrons. The Labute approximate surface area is 198 Å². The molecule has 0 amide bonds. The number of nitrogens with zero attached hydrogens (tertiary/aromatic N) is 3. The second-order valence-electron chi connectivity index (χ2n) is 11.2. The Balaban J connectivity index is 1.14. The number of piperidine rings is 1. The molecule has 1 saturated heterocycles. The van der Waals surface area contributed by atoms with Gasteiger partial charge in [0, 0.05) is 23.6 Å². The van der Waals surface area contributed by atoms with Gasteiger partial charge in [0.25, 0.3) is 0 Å². The number of fused-ring (bicyclic) bond motifs is 1. The van der Waals surface area contributed by atoms with Crippen LogP contribution in [0.1, 0.15) is 76.2 Å². The topological polar surface area (TPSA) is 44.3 Å². The van der Waals surface area contributed by atoms with Crippen molar-refractivity contribution in [2.75, 3.05) is 19.6 Å². The predicted octanol–water partition coefficient (Wildman–Crippen LogP) is 6.28. The van der Waals surface area contributed by atoms with Gasteiger partial charge in [-0.1, -0.05) is 50.2 Å². The fraction of sp³-hybridized carbons (Fsp3) is 0.517. The normalized spacial score (nSPS) is 19.8. The summed E-state index contributed by atoms with van der Waals surface area (Å²) in [7, 11) is 0. The van der Waals surface area contributed by atoms with E-state index in [9.17, 15) is 0 Å². The highest BCUT2D eigenvalue weighted by molar-refractivity contribution is 5.96. The minimum absolute atomic E-state index is 0.0187. The number of imidazole rings is 1. The summed E-state index contributed by atoms with van der Waals surface area (Å²) >= 11 is 0. The third kappa shape index (κ3) is 4.77. The number of hydrogen-bond acceptors (Lipinski definition) is 3. The highest BCUT2D eigenvalue weighted by Gasteiger charge is 2.34. The molecule has 0 unspecified atom stereocenters. The number of likely N-dealkylation sites (tertiary alicyclic amines) is 1. The molecule has 0 aliphatic carbocycles. The number of benzene rings is 2. The molecule has 0 radical (unpaired) electrons. The maximum absolute atomic E-state index is 5.03. The monoisotopic (exact) mass is 442 g/mol. The van der Waals surface area contributed by atoms with Crippen molar-refractivity contribution in [1.29, 1.82) is 0 Å². The average molecular weight is 443 g/mol. The molecule has 2 aliphatic heterocycles. The molecule has 0 saturated carbocycles. The number of H-pyrrole nitrogens is 1. The number of para-hydroxylation sites is 2. The van der Waals surface area contributed by atoms with Gasteiger partial charge in [0.2, 0.25) is 0 Å². The van der Waals surface area contributed by atoms with E-state index in [-0.39, 0.29) is 11.0 Å². The van der Waals surface area contributed by atoms with E-state index in [1.165, 1.54) is 35.5 Å². The van der Waals surface area contributed by atoms with Gasteiger partial charge in [0.1, 0.15) is 5.82 Å². The zero-order chi connectivity index (χ0) is 23.1. The second-order valence-corrected chi connectivity index (χ2v) is 11.2. The van der Waals surface area contributed by atoms with E-state index in [2.05, 4.69) is 86.1 Å². The lowest BCUT2D eigenvalue weighted by Crippen LogP contribution is -2.34. The van der Waals surface area contributed by atoms with Crippen molar-refractivity contribution >= 4 is 16.7 Å². The number of rotatable bonds is 6. The Hall–Kier alpha value is -2.46. The summed E-state index contributed by atoms with van der Waals surface area (Å²) in [5, 5.41) is 0. The van der Waals surface area contributed by atoms with Gasteiger partial charge in [-0.05, 0) is 82.3 Å². The predicted molar refractivity (Wildman–Crippen MR) is 138 cm³/mol. The molecule has 0 atom stereocenters. The Morgan fingerprint density at radius 2 is 1.76 bits per heavy atom. The molecule has 5 rings (SSSR count). The first-order chi connectivity index (χ1) is 15.8. The fourth-order valence-electron chi connectivity index (χ4n) is 5.49. The van der Waals surface area contributed by atoms with Crippen LogP contribution < -0.4 is 0 Å². The van der Waals surface area contributed by atoms with Crippen LogP contribution >= 0.6 is 0 Å². The van der Waals surface area contributed by atoms with Crippen LogP contribution in [0.5, 0.6) is 0 Å². The van der Waals surface area contributed by atoms with Gasteiger partial charge in [0.05, 0.1) is 16.6 Å². The maximum Gasteiger partial charge on any atom is 0.110 e. The van der Waals surface area contributed by atoms with Crippen LogP contribution in [0.4, 0.5) is 0 Å². The summed E-state index contributed by atoms with van der Waals surface area (Å²) < 4.78 is 0. The summed E-state index contributed by atoms with van der Waals surface area (Å²) in [6.45, 7) is 12.6. The van der Waals surface area contributed by atoms with Crippen LogP contribution in [-0.4, -0.2) is 45.8 Å². The zero-order valence-corrected chi connectivity index (χ0v) is 20.7. The van der Waals surface area contributed by atoms with Gasteiger partial charge in [-0.25, -0.2) is 4.98 Å². The lowest BCUT2D eigenvalue weighted by atomic mass is 9.78. The Bertz CT molecular complexity index is 1090. The second kappa shape index (κ2) is 8.72. The third-order valence-electron chi connectivity index (χ3n) is 7.91. The lowest BCUT2D eigenvalue weighted by Gasteiger charge is -2.31. The molecule has 3 heterocycles. The lowest BCUT2D eigenvalue weighted by molar-refractivity contribution is 0.212. The molecule has 2 aromatic carbocycles. The van der Waals surface area contributed by atoms with E-state index in [1.807, 2.05) is 0 Å². The first kappa shape index (κ1) is 22.3. The first-order valence-electron chi connectivity index (χ1n) is 12.7. The number of aliphatic imine (C=N–C) groups is 1. The van der Waals surface area contributed by atoms with Gasteiger partial charge in [-0.2, -0.15) is 0 Å². The molecule has 4 heteroatoms. The van der Waals surface area contributed by atoms with Gasteiger partial charge in [-0.15, -0.1) is 0 Å². The summed E-state index contributed by atoms with van der Waals surface area (Å²) in [5.74, 6) is 1.72. The fourth-order valence-corrected chi connectivity index (χ4v) is 5.49. The van der Waals surface area contributed by atoms with Crippen molar-refractivity contribution in [2.24, 2.45) is 4.99 Å². The van der Waals surface area contributed by atoms with Gasteiger partial charge >= 0.3 is 0 Å². The van der Waals surface area contributed by atoms with Gasteiger partial charge in [-0.3, -0.25) is 4.99 Å². The molecule has 1 aromatic heterocycles. The summed E-state index contributed by atoms with van der Waals surface area (Å²) in [4.78, 5) is 16.0. The number of nitrogens with one attached hydrogen (secondary N) is 1. The summed E-state index contributed by atoms with van der Waals surface area (Å²) in [6.07, 6.45) is 5.77. The van der Waals surface area contributed by atoms with Gasteiger partial charge < -0.3 is 9.88 Å². The molecule has 1 N–H and O–H groups in total. The van der Waals surface area contributed by atoms with Crippen molar-refractivity contribution in [3.8, 4) is 0 Å². The van der Waals surface area contributed by atoms with Crippen molar-refractivity contribution in [1.82, 2.24) is 14.9 Å². The summed E-state index contributed by atoms with van der Waals surface area (Å²) in [6, 6.07) is 17.7. The quantitative estimate of drug-likeness (QED) is 0.488. The van der Waals surface area contributed by atoms with E-state index in [0.717, 1.165) is 49.9 Å². The minimum Gasteiger partial charge on any atom is -0.342 e. The number of aromatic nitrogens is 2. The standard InChI is InChI=1S/C29H38N4/c1-28(2)17-13-26(32-28)29(3,4)23-11-9-21(10-12-23)14-18-33-19-15-22(16-20-33)27-30-24-7-5-6-8-25(24)31-27/h5-12,22H,13-20H2,1-4H3,(H,30,31). The Morgan fingerprint density at radius 3 is 2.42 bits per heavy atom. The van der Waals surface area contributed by atoms with Crippen molar-refractivity contribution in [3.63, 3.8) is 0 Å². The molecular formula is C29H38N4. The molecule has 2 aliphatic rings. The van der Waals surface area contributed by atoms with Crippen LogP contribution in [0, 0.1) is 0 Å². The molecule has 33 heavy (non-hydrogen) atoms. The Morgan fingerprint density at radius 1 is 1.03 bits per heavy atom. The molecule has 3 aromatic rings. The SMILES string of the molecule is CC1(C)CCC(C(C)(C)c2ccc(CCN3CCC(c4nc5ccccc5[nH]4)CC3)cc2)=N1. The molecule has 0 spiro atoms. The Kier molecular flexibility index (Phi) is 5.90. The highest BCUT2D eigenvalue weighted by atomic mass is 15.1. The number of aromatic amines is 1. The van der Waals surface area contributed by atoms with Crippen LogP contribution in [-0.2, 0) is 11.8 Å². The summed E-state index contributed by atoms with van der Waals surface area (Å²) in [5.41, 5.74) is 6.54. The van der Waals surface area contributed by atoms with Crippen LogP contribution in [0.2, 0.25) is 0 Å². The minimum atomic E-state index is 0.0187. The number of hydrogen-bond donors (Lipinski definition) is 1. The van der Waals surface area contributed by atoms with Crippen LogP contribution in [0.25, 0.3) is 11.0 Å². The van der Waals surface area contributed by atoms with E-state index in [1.54, 1.807) is 0 Å². The van der Waals surface area contributed by atoms with Crippen molar-refractivity contribution in [3.05, 3.63) is 65.5 Å². The molecule has 1 fully saturated rings. The maximum atomic E-state index is 5.03. The molecule has 0 bridgehead atoms. The van der Waals surface area contributed by atoms with Crippen molar-refractivity contribution in [2.45, 2.75) is 76.7 Å². The third-order valence-corrected chi connectivity index (χ3v) is 7.91. The van der Waals surface area contributed by atoms with E-state index < -0.39 is 0 Å².